The fraction of sp³-hybridized carbons (Fsp3) is 0.533. The minimum Gasteiger partial charge on any atom is -0.489 e. The first-order valence-corrected chi connectivity index (χ1v) is 9.55. The summed E-state index contributed by atoms with van der Waals surface area (Å²) in [6.07, 6.45) is -1.21. The Morgan fingerprint density at radius 3 is 2.76 bits per heavy atom. The number of sulfonamides is 1. The molecule has 3 aliphatic rings. The molecular formula is C15H19N3O6S. The molecule has 2 fully saturated rings. The van der Waals surface area contributed by atoms with E-state index >= 15 is 0 Å². The number of amides is 1. The number of piperazine rings is 1. The van der Waals surface area contributed by atoms with Gasteiger partial charge in [0.2, 0.25) is 10.0 Å². The maximum atomic E-state index is 12.8. The van der Waals surface area contributed by atoms with Crippen molar-refractivity contribution in [3.63, 3.8) is 0 Å². The summed E-state index contributed by atoms with van der Waals surface area (Å²) in [4.78, 5) is 13.6. The lowest BCUT2D eigenvalue weighted by atomic mass is 10.1. The number of nitrogens with zero attached hydrogens (tertiary/aromatic N) is 2. The Hall–Kier alpha value is -1.88. The van der Waals surface area contributed by atoms with Crippen LogP contribution < -0.4 is 15.0 Å². The molecule has 136 valence electrons. The van der Waals surface area contributed by atoms with Crippen molar-refractivity contribution in [2.75, 3.05) is 44.3 Å². The van der Waals surface area contributed by atoms with Gasteiger partial charge in [0, 0.05) is 32.2 Å². The van der Waals surface area contributed by atoms with E-state index in [-0.39, 0.29) is 18.1 Å². The standard InChI is InChI=1S/C15H19N3O6S/c19-8-14-12-9-23-13-7-10(1-2-11(13)18(12)15(20)24-14)25(21,22)17-5-3-16-4-6-17/h1-2,7,12,14,16,19H,3-6,8-9H2. The first-order valence-electron chi connectivity index (χ1n) is 8.11. The predicted molar refractivity (Wildman–Crippen MR) is 87.2 cm³/mol. The van der Waals surface area contributed by atoms with Crippen molar-refractivity contribution in [1.82, 2.24) is 9.62 Å². The van der Waals surface area contributed by atoms with E-state index in [1.54, 1.807) is 6.07 Å². The van der Waals surface area contributed by atoms with Gasteiger partial charge in [-0.2, -0.15) is 4.31 Å². The Balaban J connectivity index is 1.67. The van der Waals surface area contributed by atoms with Crippen molar-refractivity contribution in [1.29, 1.82) is 0 Å². The molecule has 0 radical (unpaired) electrons. The quantitative estimate of drug-likeness (QED) is 0.729. The Kier molecular flexibility index (Phi) is 4.07. The average molecular weight is 369 g/mol. The molecule has 10 heteroatoms. The number of hydrogen-bond donors (Lipinski definition) is 2. The van der Waals surface area contributed by atoms with E-state index in [2.05, 4.69) is 5.32 Å². The lowest BCUT2D eigenvalue weighted by Gasteiger charge is -2.31. The van der Waals surface area contributed by atoms with Gasteiger partial charge in [0.05, 0.1) is 17.2 Å². The van der Waals surface area contributed by atoms with Crippen molar-refractivity contribution < 1.29 is 27.8 Å². The Labute approximate surface area is 145 Å². The van der Waals surface area contributed by atoms with Crippen LogP contribution in [0, 0.1) is 0 Å². The molecule has 1 aromatic rings. The highest BCUT2D eigenvalue weighted by Crippen LogP contribution is 2.40. The number of benzene rings is 1. The summed E-state index contributed by atoms with van der Waals surface area (Å²) in [7, 11) is -3.61. The minimum atomic E-state index is -3.61. The number of carbonyl (C=O) groups excluding carboxylic acids is 1. The van der Waals surface area contributed by atoms with Gasteiger partial charge in [-0.1, -0.05) is 0 Å². The zero-order chi connectivity index (χ0) is 17.6. The van der Waals surface area contributed by atoms with Crippen LogP contribution in [-0.4, -0.2) is 75.5 Å². The van der Waals surface area contributed by atoms with Gasteiger partial charge < -0.3 is 19.9 Å². The van der Waals surface area contributed by atoms with E-state index in [1.807, 2.05) is 0 Å². The second-order valence-electron chi connectivity index (χ2n) is 6.14. The summed E-state index contributed by atoms with van der Waals surface area (Å²) in [5, 5.41) is 12.4. The molecule has 4 rings (SSSR count). The molecule has 3 heterocycles. The van der Waals surface area contributed by atoms with Gasteiger partial charge in [0.1, 0.15) is 18.4 Å². The van der Waals surface area contributed by atoms with Crippen LogP contribution in [0.1, 0.15) is 0 Å². The molecule has 2 atom stereocenters. The molecule has 3 aliphatic heterocycles. The van der Waals surface area contributed by atoms with Crippen LogP contribution in [0.5, 0.6) is 5.75 Å². The van der Waals surface area contributed by atoms with Crippen LogP contribution in [0.3, 0.4) is 0 Å². The monoisotopic (exact) mass is 369 g/mol. The van der Waals surface area contributed by atoms with E-state index in [0.717, 1.165) is 0 Å². The molecule has 9 nitrogen and oxygen atoms in total. The molecule has 1 aromatic carbocycles. The van der Waals surface area contributed by atoms with Crippen molar-refractivity contribution in [3.05, 3.63) is 18.2 Å². The maximum Gasteiger partial charge on any atom is 0.415 e. The van der Waals surface area contributed by atoms with Gasteiger partial charge in [-0.3, -0.25) is 4.90 Å². The summed E-state index contributed by atoms with van der Waals surface area (Å²) >= 11 is 0. The summed E-state index contributed by atoms with van der Waals surface area (Å²) in [5.41, 5.74) is 0.455. The van der Waals surface area contributed by atoms with Gasteiger partial charge in [-0.05, 0) is 12.1 Å². The number of rotatable bonds is 3. The molecule has 2 N–H and O–H groups in total. The number of carbonyl (C=O) groups is 1. The van der Waals surface area contributed by atoms with Crippen LogP contribution in [0.2, 0.25) is 0 Å². The SMILES string of the molecule is O=C1OC(CO)C2COc3cc(S(=O)(=O)N4CCNCC4)ccc3N12. The van der Waals surface area contributed by atoms with E-state index in [0.29, 0.717) is 37.6 Å². The normalized spacial score (nSPS) is 26.6. The predicted octanol–water partition coefficient (Wildman–Crippen LogP) is -0.641. The first-order chi connectivity index (χ1) is 12.0. The summed E-state index contributed by atoms with van der Waals surface area (Å²) in [6, 6.07) is 4.06. The number of ether oxygens (including phenoxy) is 2. The molecule has 0 saturated carbocycles. The largest absolute Gasteiger partial charge is 0.489 e. The smallest absolute Gasteiger partial charge is 0.415 e. The second-order valence-corrected chi connectivity index (χ2v) is 8.07. The van der Waals surface area contributed by atoms with Crippen molar-refractivity contribution in [2.24, 2.45) is 0 Å². The molecule has 0 aliphatic carbocycles. The fourth-order valence-corrected chi connectivity index (χ4v) is 4.82. The zero-order valence-corrected chi connectivity index (χ0v) is 14.2. The lowest BCUT2D eigenvalue weighted by Crippen LogP contribution is -2.46. The zero-order valence-electron chi connectivity index (χ0n) is 13.4. The minimum absolute atomic E-state index is 0.137. The number of aliphatic hydroxyl groups is 1. The van der Waals surface area contributed by atoms with Crippen molar-refractivity contribution in [2.45, 2.75) is 17.0 Å². The number of nitrogens with one attached hydrogen (secondary N) is 1. The van der Waals surface area contributed by atoms with Crippen LogP contribution in [-0.2, 0) is 14.8 Å². The molecule has 0 aromatic heterocycles. The third-order valence-corrected chi connectivity index (χ3v) is 6.60. The first kappa shape index (κ1) is 16.6. The molecule has 25 heavy (non-hydrogen) atoms. The number of anilines is 1. The Morgan fingerprint density at radius 2 is 2.04 bits per heavy atom. The number of hydrogen-bond acceptors (Lipinski definition) is 7. The molecule has 1 amide bonds. The third-order valence-electron chi connectivity index (χ3n) is 4.70. The van der Waals surface area contributed by atoms with Crippen LogP contribution in [0.25, 0.3) is 0 Å². The average Bonchev–Trinajstić information content (AvgIpc) is 2.98. The van der Waals surface area contributed by atoms with E-state index < -0.39 is 28.3 Å². The molecule has 2 unspecified atom stereocenters. The highest BCUT2D eigenvalue weighted by atomic mass is 32.2. The molecular weight excluding hydrogens is 350 g/mol. The number of fused-ring (bicyclic) bond motifs is 3. The molecule has 0 spiro atoms. The van der Waals surface area contributed by atoms with Gasteiger partial charge in [-0.25, -0.2) is 13.2 Å². The van der Waals surface area contributed by atoms with Crippen LogP contribution in [0.15, 0.2) is 23.1 Å². The molecule has 2 saturated heterocycles. The highest BCUT2D eigenvalue weighted by molar-refractivity contribution is 7.89. The van der Waals surface area contributed by atoms with Crippen molar-refractivity contribution >= 4 is 21.8 Å². The van der Waals surface area contributed by atoms with E-state index in [1.165, 1.54) is 21.3 Å². The van der Waals surface area contributed by atoms with Gasteiger partial charge in [0.15, 0.2) is 6.10 Å². The van der Waals surface area contributed by atoms with Gasteiger partial charge >= 0.3 is 6.09 Å². The van der Waals surface area contributed by atoms with Crippen molar-refractivity contribution in [3.8, 4) is 5.75 Å². The van der Waals surface area contributed by atoms with Crippen LogP contribution in [0.4, 0.5) is 10.5 Å². The Morgan fingerprint density at radius 1 is 1.28 bits per heavy atom. The topological polar surface area (TPSA) is 108 Å². The maximum absolute atomic E-state index is 12.8. The van der Waals surface area contributed by atoms with E-state index in [4.69, 9.17) is 9.47 Å². The summed E-state index contributed by atoms with van der Waals surface area (Å²) in [6.45, 7) is 1.91. The third kappa shape index (κ3) is 2.65. The lowest BCUT2D eigenvalue weighted by molar-refractivity contribution is 0.0733. The highest BCUT2D eigenvalue weighted by Gasteiger charge is 2.46. The molecule has 0 bridgehead atoms. The number of aliphatic hydroxyl groups excluding tert-OH is 1. The van der Waals surface area contributed by atoms with Crippen LogP contribution >= 0.6 is 0 Å². The second kappa shape index (κ2) is 6.13. The number of cyclic esters (lactones) is 1. The van der Waals surface area contributed by atoms with Gasteiger partial charge in [0.25, 0.3) is 0 Å². The summed E-state index contributed by atoms with van der Waals surface area (Å²) < 4.78 is 37.8. The van der Waals surface area contributed by atoms with E-state index in [9.17, 15) is 18.3 Å². The Bertz CT molecular complexity index is 792. The fourth-order valence-electron chi connectivity index (χ4n) is 3.36. The summed E-state index contributed by atoms with van der Waals surface area (Å²) in [5.74, 6) is 0.322. The van der Waals surface area contributed by atoms with Gasteiger partial charge in [-0.15, -0.1) is 0 Å².